The highest BCUT2D eigenvalue weighted by Crippen LogP contribution is 2.27. The number of primary amides is 1. The zero-order valence-electron chi connectivity index (χ0n) is 19.7. The standard InChI is InChI=1S/C26H31ClN6O/c1-17(25(28)34)21-6-4-3-5-18(21)7-9-24-22(27)16-30-26(32-24)31-20-8-10-23(29-15-20)19-11-13-33(2)14-12-19/h3-6,8,10,15-17,19H,7,9,11-14H2,1-2H3,(H2,28,34)(H,30,31,32). The molecule has 1 unspecified atom stereocenters. The van der Waals surface area contributed by atoms with Crippen LogP contribution < -0.4 is 11.1 Å². The van der Waals surface area contributed by atoms with Crippen molar-refractivity contribution in [3.63, 3.8) is 0 Å². The Morgan fingerprint density at radius 1 is 1.15 bits per heavy atom. The van der Waals surface area contributed by atoms with E-state index in [0.717, 1.165) is 54.1 Å². The van der Waals surface area contributed by atoms with Gasteiger partial charge in [-0.15, -0.1) is 0 Å². The van der Waals surface area contributed by atoms with Gasteiger partial charge in [0.15, 0.2) is 0 Å². The topological polar surface area (TPSA) is 97.0 Å². The van der Waals surface area contributed by atoms with Crippen LogP contribution >= 0.6 is 11.6 Å². The fourth-order valence-electron chi connectivity index (χ4n) is 4.38. The van der Waals surface area contributed by atoms with Gasteiger partial charge in [0.1, 0.15) is 0 Å². The summed E-state index contributed by atoms with van der Waals surface area (Å²) in [5.74, 6) is 0.310. The molecule has 178 valence electrons. The monoisotopic (exact) mass is 478 g/mol. The second kappa shape index (κ2) is 10.9. The summed E-state index contributed by atoms with van der Waals surface area (Å²) >= 11 is 6.39. The summed E-state index contributed by atoms with van der Waals surface area (Å²) in [6, 6.07) is 12.0. The third-order valence-electron chi connectivity index (χ3n) is 6.58. The van der Waals surface area contributed by atoms with Crippen LogP contribution in [-0.4, -0.2) is 45.9 Å². The molecule has 3 aromatic rings. The second-order valence-corrected chi connectivity index (χ2v) is 9.39. The molecule has 7 nitrogen and oxygen atoms in total. The van der Waals surface area contributed by atoms with Gasteiger partial charge in [-0.1, -0.05) is 35.9 Å². The molecule has 0 radical (unpaired) electrons. The zero-order valence-corrected chi connectivity index (χ0v) is 20.4. The van der Waals surface area contributed by atoms with Crippen LogP contribution in [0.3, 0.4) is 0 Å². The molecule has 1 aliphatic heterocycles. The van der Waals surface area contributed by atoms with Crippen molar-refractivity contribution in [1.82, 2.24) is 19.9 Å². The molecule has 1 aliphatic rings. The SMILES string of the molecule is CC(C(N)=O)c1ccccc1CCc1nc(Nc2ccc(C3CCN(C)CC3)nc2)ncc1Cl. The molecule has 1 amide bonds. The lowest BCUT2D eigenvalue weighted by molar-refractivity contribution is -0.119. The molecular weight excluding hydrogens is 448 g/mol. The maximum absolute atomic E-state index is 11.7. The first-order chi connectivity index (χ1) is 16.4. The number of carbonyl (C=O) groups excluding carboxylic acids is 1. The van der Waals surface area contributed by atoms with Crippen molar-refractivity contribution in [3.05, 3.63) is 76.3 Å². The number of aromatic nitrogens is 3. The van der Waals surface area contributed by atoms with Crippen molar-refractivity contribution >= 4 is 29.1 Å². The molecule has 0 spiro atoms. The fourth-order valence-corrected chi connectivity index (χ4v) is 4.57. The highest BCUT2D eigenvalue weighted by atomic mass is 35.5. The Morgan fingerprint density at radius 2 is 1.91 bits per heavy atom. The Balaban J connectivity index is 1.42. The van der Waals surface area contributed by atoms with E-state index in [0.29, 0.717) is 29.7 Å². The van der Waals surface area contributed by atoms with E-state index in [-0.39, 0.29) is 11.8 Å². The number of piperidine rings is 1. The molecule has 3 N–H and O–H groups in total. The molecular formula is C26H31ClN6O. The summed E-state index contributed by atoms with van der Waals surface area (Å²) in [5, 5.41) is 3.75. The van der Waals surface area contributed by atoms with Gasteiger partial charge in [-0.3, -0.25) is 9.78 Å². The van der Waals surface area contributed by atoms with Gasteiger partial charge in [-0.25, -0.2) is 9.97 Å². The zero-order chi connectivity index (χ0) is 24.1. The molecule has 1 saturated heterocycles. The van der Waals surface area contributed by atoms with E-state index >= 15 is 0 Å². The Bertz CT molecular complexity index is 1130. The Labute approximate surface area is 205 Å². The van der Waals surface area contributed by atoms with Crippen LogP contribution in [0.4, 0.5) is 11.6 Å². The molecule has 3 heterocycles. The van der Waals surface area contributed by atoms with Crippen molar-refractivity contribution in [1.29, 1.82) is 0 Å². The van der Waals surface area contributed by atoms with Crippen LogP contribution in [0.25, 0.3) is 0 Å². The van der Waals surface area contributed by atoms with E-state index in [9.17, 15) is 4.79 Å². The Morgan fingerprint density at radius 3 is 2.62 bits per heavy atom. The number of benzene rings is 1. The fraction of sp³-hybridized carbons (Fsp3) is 0.385. The summed E-state index contributed by atoms with van der Waals surface area (Å²) in [6.07, 6.45) is 7.04. The first-order valence-corrected chi connectivity index (χ1v) is 12.1. The maximum Gasteiger partial charge on any atom is 0.227 e. The average Bonchev–Trinajstić information content (AvgIpc) is 2.85. The van der Waals surface area contributed by atoms with Gasteiger partial charge in [-0.2, -0.15) is 0 Å². The largest absolute Gasteiger partial charge is 0.369 e. The lowest BCUT2D eigenvalue weighted by Gasteiger charge is -2.28. The summed E-state index contributed by atoms with van der Waals surface area (Å²) < 4.78 is 0. The Kier molecular flexibility index (Phi) is 7.75. The minimum Gasteiger partial charge on any atom is -0.369 e. The molecule has 0 bridgehead atoms. The highest BCUT2D eigenvalue weighted by Gasteiger charge is 2.19. The number of nitrogens with two attached hydrogens (primary N) is 1. The predicted molar refractivity (Wildman–Crippen MR) is 135 cm³/mol. The third-order valence-corrected chi connectivity index (χ3v) is 6.89. The first kappa shape index (κ1) is 24.1. The number of carbonyl (C=O) groups is 1. The van der Waals surface area contributed by atoms with Gasteiger partial charge >= 0.3 is 0 Å². The lowest BCUT2D eigenvalue weighted by Crippen LogP contribution is -2.29. The normalized spacial score (nSPS) is 15.7. The van der Waals surface area contributed by atoms with Crippen molar-refractivity contribution < 1.29 is 4.79 Å². The molecule has 2 aromatic heterocycles. The van der Waals surface area contributed by atoms with Crippen LogP contribution in [0.5, 0.6) is 0 Å². The van der Waals surface area contributed by atoms with Crippen LogP contribution in [0, 0.1) is 0 Å². The molecule has 34 heavy (non-hydrogen) atoms. The molecule has 0 aliphatic carbocycles. The van der Waals surface area contributed by atoms with E-state index in [1.165, 1.54) is 0 Å². The maximum atomic E-state index is 11.7. The number of hydrogen-bond acceptors (Lipinski definition) is 6. The molecule has 4 rings (SSSR count). The number of nitrogens with one attached hydrogen (secondary N) is 1. The van der Waals surface area contributed by atoms with Crippen molar-refractivity contribution in [3.8, 4) is 0 Å². The van der Waals surface area contributed by atoms with Gasteiger partial charge in [-0.05, 0) is 76.0 Å². The predicted octanol–water partition coefficient (Wildman–Crippen LogP) is 4.45. The van der Waals surface area contributed by atoms with Crippen molar-refractivity contribution in [2.75, 3.05) is 25.5 Å². The minimum atomic E-state index is -0.348. The Hall–Kier alpha value is -3.03. The number of halogens is 1. The van der Waals surface area contributed by atoms with E-state index in [2.05, 4.69) is 38.3 Å². The van der Waals surface area contributed by atoms with Gasteiger partial charge < -0.3 is 16.0 Å². The number of amides is 1. The van der Waals surface area contributed by atoms with Crippen molar-refractivity contribution in [2.24, 2.45) is 5.73 Å². The summed E-state index contributed by atoms with van der Waals surface area (Å²) in [5.41, 5.74) is 10.2. The van der Waals surface area contributed by atoms with Crippen LogP contribution in [0.15, 0.2) is 48.8 Å². The van der Waals surface area contributed by atoms with Gasteiger partial charge in [0.2, 0.25) is 11.9 Å². The summed E-state index contributed by atoms with van der Waals surface area (Å²) in [6.45, 7) is 4.05. The third kappa shape index (κ3) is 5.90. The van der Waals surface area contributed by atoms with Gasteiger partial charge in [0.05, 0.1) is 34.7 Å². The lowest BCUT2D eigenvalue weighted by atomic mass is 9.92. The first-order valence-electron chi connectivity index (χ1n) is 11.7. The molecule has 8 heteroatoms. The number of hydrogen-bond donors (Lipinski definition) is 2. The molecule has 1 aromatic carbocycles. The van der Waals surface area contributed by atoms with Crippen LogP contribution in [0.1, 0.15) is 54.1 Å². The second-order valence-electron chi connectivity index (χ2n) is 8.99. The van der Waals surface area contributed by atoms with Crippen LogP contribution in [0.2, 0.25) is 5.02 Å². The number of anilines is 2. The van der Waals surface area contributed by atoms with E-state index in [1.807, 2.05) is 43.5 Å². The van der Waals surface area contributed by atoms with Gasteiger partial charge in [0, 0.05) is 11.6 Å². The number of nitrogens with zero attached hydrogens (tertiary/aromatic N) is 4. The minimum absolute atomic E-state index is 0.338. The molecule has 0 saturated carbocycles. The summed E-state index contributed by atoms with van der Waals surface area (Å²) in [4.78, 5) is 27.7. The average molecular weight is 479 g/mol. The number of aryl methyl sites for hydroxylation is 2. The number of pyridine rings is 1. The number of rotatable bonds is 8. The van der Waals surface area contributed by atoms with Gasteiger partial charge in [0.25, 0.3) is 0 Å². The van der Waals surface area contributed by atoms with Crippen LogP contribution in [-0.2, 0) is 17.6 Å². The van der Waals surface area contributed by atoms with E-state index in [1.54, 1.807) is 6.20 Å². The molecule has 1 fully saturated rings. The quantitative estimate of drug-likeness (QED) is 0.496. The van der Waals surface area contributed by atoms with Crippen molar-refractivity contribution in [2.45, 2.75) is 44.4 Å². The number of likely N-dealkylation sites (tertiary alicyclic amines) is 1. The van der Waals surface area contributed by atoms with E-state index in [4.69, 9.17) is 17.3 Å². The highest BCUT2D eigenvalue weighted by molar-refractivity contribution is 6.31. The summed E-state index contributed by atoms with van der Waals surface area (Å²) in [7, 11) is 2.16. The smallest absolute Gasteiger partial charge is 0.227 e. The molecule has 1 atom stereocenters. The van der Waals surface area contributed by atoms with E-state index < -0.39 is 0 Å².